The van der Waals surface area contributed by atoms with Gasteiger partial charge < -0.3 is 4.43 Å². The second-order valence-electron chi connectivity index (χ2n) is 1.85. The second-order valence-corrected chi connectivity index (χ2v) is 5.56. The lowest BCUT2D eigenvalue weighted by atomic mass is 11.7. The first-order valence-electron chi connectivity index (χ1n) is 2.26. The van der Waals surface area contributed by atoms with Gasteiger partial charge in [-0.25, -0.2) is 4.66 Å². The largest absolute Gasteiger partial charge is 0.401 e. The highest BCUT2D eigenvalue weighted by Gasteiger charge is 2.18. The lowest BCUT2D eigenvalue weighted by molar-refractivity contribution is 0.406. The van der Waals surface area contributed by atoms with Gasteiger partial charge in [-0.3, -0.25) is 0 Å². The molecule has 0 atom stereocenters. The fourth-order valence-corrected chi connectivity index (χ4v) is 1.13. The molecule has 0 aliphatic rings. The summed E-state index contributed by atoms with van der Waals surface area (Å²) in [6, 6.07) is 0. The van der Waals surface area contributed by atoms with Crippen molar-refractivity contribution < 1.29 is 4.43 Å². The van der Waals surface area contributed by atoms with E-state index in [0.717, 1.165) is 0 Å². The summed E-state index contributed by atoms with van der Waals surface area (Å²) in [5, 5.41) is 2.30. The van der Waals surface area contributed by atoms with Gasteiger partial charge in [0.15, 0.2) is 0 Å². The summed E-state index contributed by atoms with van der Waals surface area (Å²) in [4.78, 5) is 0. The van der Waals surface area contributed by atoms with Crippen molar-refractivity contribution in [2.24, 2.45) is 4.66 Å². The topological polar surface area (TPSA) is 21.6 Å². The van der Waals surface area contributed by atoms with E-state index < -0.39 is 8.48 Å². The van der Waals surface area contributed by atoms with E-state index in [1.807, 2.05) is 13.1 Å². The van der Waals surface area contributed by atoms with Gasteiger partial charge in [0.2, 0.25) is 0 Å². The van der Waals surface area contributed by atoms with E-state index in [2.05, 4.69) is 22.0 Å². The summed E-state index contributed by atoms with van der Waals surface area (Å²) < 4.78 is 8.88. The maximum absolute atomic E-state index is 5.02. The molecule has 4 heteroatoms. The van der Waals surface area contributed by atoms with E-state index in [9.17, 15) is 0 Å². The summed E-state index contributed by atoms with van der Waals surface area (Å²) in [6.07, 6.45) is 0. The molecule has 0 amide bonds. The first-order chi connectivity index (χ1) is 3.62. The van der Waals surface area contributed by atoms with Crippen LogP contribution in [0.4, 0.5) is 0 Å². The highest BCUT2D eigenvalue weighted by Crippen LogP contribution is 2.00. The van der Waals surface area contributed by atoms with Crippen molar-refractivity contribution in [2.45, 2.75) is 13.1 Å². The van der Waals surface area contributed by atoms with Crippen LogP contribution in [-0.2, 0) is 4.43 Å². The fraction of sp³-hybridized carbons (Fsp3) is 0.750. The molecule has 0 saturated carbocycles. The average molecular weight is 147 g/mol. The Hall–Kier alpha value is -0.0231. The zero-order chi connectivity index (χ0) is 6.62. The monoisotopic (exact) mass is 147 g/mol. The van der Waals surface area contributed by atoms with Crippen LogP contribution in [0.25, 0.3) is 0 Å². The van der Waals surface area contributed by atoms with Crippen molar-refractivity contribution in [3.05, 3.63) is 0 Å². The van der Waals surface area contributed by atoms with Gasteiger partial charge in [-0.05, 0) is 25.3 Å². The molecule has 0 spiro atoms. The SMILES string of the molecule is CO[Si](C)(C)N=C=S. The predicted octanol–water partition coefficient (Wildman–Crippen LogP) is 1.44. The Balaban J connectivity index is 3.90. The zero-order valence-electron chi connectivity index (χ0n) is 5.26. The van der Waals surface area contributed by atoms with E-state index in [1.165, 1.54) is 0 Å². The van der Waals surface area contributed by atoms with Crippen LogP contribution < -0.4 is 0 Å². The molecular weight excluding hydrogens is 138 g/mol. The minimum Gasteiger partial charge on any atom is -0.401 e. The number of nitrogens with zero attached hydrogens (tertiary/aromatic N) is 1. The van der Waals surface area contributed by atoms with Crippen LogP contribution in [0.3, 0.4) is 0 Å². The number of hydrogen-bond donors (Lipinski definition) is 0. The van der Waals surface area contributed by atoms with Gasteiger partial charge >= 0.3 is 8.48 Å². The van der Waals surface area contributed by atoms with Crippen molar-refractivity contribution in [2.75, 3.05) is 7.11 Å². The molecule has 0 aliphatic carbocycles. The molecule has 0 saturated heterocycles. The van der Waals surface area contributed by atoms with Crippen LogP contribution in [0.5, 0.6) is 0 Å². The lowest BCUT2D eigenvalue weighted by Gasteiger charge is -2.09. The van der Waals surface area contributed by atoms with Gasteiger partial charge in [0.25, 0.3) is 0 Å². The summed E-state index contributed by atoms with van der Waals surface area (Å²) in [7, 11) is -0.126. The average Bonchev–Trinajstić information content (AvgIpc) is 1.67. The Morgan fingerprint density at radius 3 is 2.25 bits per heavy atom. The van der Waals surface area contributed by atoms with Gasteiger partial charge in [-0.1, -0.05) is 0 Å². The van der Waals surface area contributed by atoms with Crippen LogP contribution in [0.15, 0.2) is 4.66 Å². The molecule has 0 aromatic heterocycles. The zero-order valence-corrected chi connectivity index (χ0v) is 7.08. The number of isothiocyanates is 1. The highest BCUT2D eigenvalue weighted by atomic mass is 32.1. The van der Waals surface area contributed by atoms with E-state index in [-0.39, 0.29) is 0 Å². The van der Waals surface area contributed by atoms with Gasteiger partial charge in [-0.2, -0.15) is 0 Å². The van der Waals surface area contributed by atoms with Crippen LogP contribution in [-0.4, -0.2) is 20.8 Å². The second kappa shape index (κ2) is 3.09. The van der Waals surface area contributed by atoms with E-state index in [0.29, 0.717) is 0 Å². The quantitative estimate of drug-likeness (QED) is 0.335. The van der Waals surface area contributed by atoms with Crippen LogP contribution in [0, 0.1) is 0 Å². The number of rotatable bonds is 2. The van der Waals surface area contributed by atoms with Crippen LogP contribution in [0.1, 0.15) is 0 Å². The van der Waals surface area contributed by atoms with Gasteiger partial charge in [-0.15, -0.1) is 0 Å². The molecule has 0 N–H and O–H groups in total. The van der Waals surface area contributed by atoms with Gasteiger partial charge in [0.1, 0.15) is 0 Å². The number of hydrogen-bond acceptors (Lipinski definition) is 3. The molecule has 0 unspecified atom stereocenters. The smallest absolute Gasteiger partial charge is 0.324 e. The van der Waals surface area contributed by atoms with Crippen LogP contribution in [0.2, 0.25) is 13.1 Å². The molecule has 0 bridgehead atoms. The maximum atomic E-state index is 5.02. The molecule has 0 aromatic carbocycles. The van der Waals surface area contributed by atoms with Crippen LogP contribution >= 0.6 is 12.2 Å². The summed E-state index contributed by atoms with van der Waals surface area (Å²) in [5.41, 5.74) is 0. The summed E-state index contributed by atoms with van der Waals surface area (Å²) in [6.45, 7) is 3.90. The molecule has 0 heterocycles. The molecule has 46 valence electrons. The first kappa shape index (κ1) is 7.98. The third-order valence-electron chi connectivity index (χ3n) is 0.814. The third kappa shape index (κ3) is 3.04. The van der Waals surface area contributed by atoms with Gasteiger partial charge in [0.05, 0.1) is 5.16 Å². The van der Waals surface area contributed by atoms with Crippen molar-refractivity contribution >= 4 is 25.9 Å². The first-order valence-corrected chi connectivity index (χ1v) is 5.53. The predicted molar refractivity (Wildman–Crippen MR) is 39.5 cm³/mol. The lowest BCUT2D eigenvalue weighted by Crippen LogP contribution is -2.25. The van der Waals surface area contributed by atoms with E-state index in [1.54, 1.807) is 7.11 Å². The number of thiocarbonyl (C=S) groups is 1. The molecular formula is C4H9NOSSi. The van der Waals surface area contributed by atoms with Crippen molar-refractivity contribution in [1.82, 2.24) is 0 Å². The van der Waals surface area contributed by atoms with Gasteiger partial charge in [0, 0.05) is 7.11 Å². The Kier molecular flexibility index (Phi) is 3.08. The Bertz CT molecular complexity index is 119. The Morgan fingerprint density at radius 2 is 2.12 bits per heavy atom. The Morgan fingerprint density at radius 1 is 1.62 bits per heavy atom. The van der Waals surface area contributed by atoms with Crippen molar-refractivity contribution in [1.29, 1.82) is 0 Å². The molecule has 0 fully saturated rings. The highest BCUT2D eigenvalue weighted by molar-refractivity contribution is 7.78. The molecule has 0 aromatic rings. The molecule has 0 aliphatic heterocycles. The normalized spacial score (nSPS) is 10.4. The summed E-state index contributed by atoms with van der Waals surface area (Å²) in [5.74, 6) is 0. The summed E-state index contributed by atoms with van der Waals surface area (Å²) >= 11 is 4.40. The fourth-order valence-electron chi connectivity index (χ4n) is 0.156. The van der Waals surface area contributed by atoms with Crippen molar-refractivity contribution in [3.63, 3.8) is 0 Å². The molecule has 0 rings (SSSR count). The molecule has 0 radical (unpaired) electrons. The van der Waals surface area contributed by atoms with Crippen molar-refractivity contribution in [3.8, 4) is 0 Å². The van der Waals surface area contributed by atoms with E-state index in [4.69, 9.17) is 4.43 Å². The minimum absolute atomic E-state index is 1.64. The maximum Gasteiger partial charge on any atom is 0.324 e. The molecule has 2 nitrogen and oxygen atoms in total. The molecule has 8 heavy (non-hydrogen) atoms. The Labute approximate surface area is 55.8 Å². The third-order valence-corrected chi connectivity index (χ3v) is 2.72. The van der Waals surface area contributed by atoms with E-state index >= 15 is 0 Å². The minimum atomic E-state index is -1.77. The standard InChI is InChI=1S/C4H9NOSSi/c1-6-8(2,3)5-4-7/h1-3H3.